The van der Waals surface area contributed by atoms with Gasteiger partial charge in [0, 0.05) is 31.0 Å². The van der Waals surface area contributed by atoms with E-state index in [1.54, 1.807) is 13.0 Å². The van der Waals surface area contributed by atoms with E-state index in [9.17, 15) is 9.59 Å². The molecule has 1 saturated heterocycles. The number of aromatic nitrogens is 1. The predicted octanol–water partition coefficient (Wildman–Crippen LogP) is 1.59. The Morgan fingerprint density at radius 3 is 2.43 bits per heavy atom. The van der Waals surface area contributed by atoms with Crippen molar-refractivity contribution in [1.29, 1.82) is 0 Å². The SMILES string of the molecule is Cc1cc(NC(=O)C2CCC(C(=O)N3CCOCC3)CC2)no1. The number of anilines is 1. The zero-order valence-corrected chi connectivity index (χ0v) is 13.4. The number of nitrogens with zero attached hydrogens (tertiary/aromatic N) is 2. The summed E-state index contributed by atoms with van der Waals surface area (Å²) in [5, 5.41) is 6.56. The maximum absolute atomic E-state index is 12.5. The van der Waals surface area contributed by atoms with Gasteiger partial charge in [0.05, 0.1) is 13.2 Å². The molecule has 1 aromatic rings. The summed E-state index contributed by atoms with van der Waals surface area (Å²) in [5.74, 6) is 1.31. The normalized spacial score (nSPS) is 25.2. The number of morpholine rings is 1. The molecule has 1 saturated carbocycles. The van der Waals surface area contributed by atoms with Crippen molar-refractivity contribution < 1.29 is 18.8 Å². The summed E-state index contributed by atoms with van der Waals surface area (Å²) in [6.45, 7) is 4.40. The summed E-state index contributed by atoms with van der Waals surface area (Å²) >= 11 is 0. The van der Waals surface area contributed by atoms with Gasteiger partial charge in [-0.15, -0.1) is 0 Å². The van der Waals surface area contributed by atoms with Gasteiger partial charge < -0.3 is 19.5 Å². The van der Waals surface area contributed by atoms with E-state index in [0.717, 1.165) is 25.7 Å². The molecule has 0 spiro atoms. The quantitative estimate of drug-likeness (QED) is 0.914. The van der Waals surface area contributed by atoms with Gasteiger partial charge in [-0.25, -0.2) is 0 Å². The van der Waals surface area contributed by atoms with Crippen LogP contribution in [0.3, 0.4) is 0 Å². The van der Waals surface area contributed by atoms with Crippen molar-refractivity contribution in [2.24, 2.45) is 11.8 Å². The van der Waals surface area contributed by atoms with Gasteiger partial charge in [0.2, 0.25) is 11.8 Å². The third-order valence-corrected chi connectivity index (χ3v) is 4.65. The molecule has 2 amide bonds. The van der Waals surface area contributed by atoms with E-state index in [-0.39, 0.29) is 23.7 Å². The number of ether oxygens (including phenoxy) is 1. The summed E-state index contributed by atoms with van der Waals surface area (Å²) in [6.07, 6.45) is 3.02. The Bertz CT molecular complexity index is 557. The topological polar surface area (TPSA) is 84.7 Å². The average Bonchev–Trinajstić information content (AvgIpc) is 3.00. The molecule has 0 radical (unpaired) electrons. The molecule has 1 aliphatic carbocycles. The largest absolute Gasteiger partial charge is 0.378 e. The van der Waals surface area contributed by atoms with Crippen LogP contribution in [-0.2, 0) is 14.3 Å². The molecule has 3 rings (SSSR count). The van der Waals surface area contributed by atoms with Crippen LogP contribution in [0.2, 0.25) is 0 Å². The highest BCUT2D eigenvalue weighted by atomic mass is 16.5. The maximum Gasteiger partial charge on any atom is 0.228 e. The molecule has 1 aromatic heterocycles. The Hall–Kier alpha value is -1.89. The highest BCUT2D eigenvalue weighted by Crippen LogP contribution is 2.31. The standard InChI is InChI=1S/C16H23N3O4/c1-11-10-14(18-23-11)17-15(20)12-2-4-13(5-3-12)16(21)19-6-8-22-9-7-19/h10,12-13H,2-9H2,1H3,(H,17,18,20). The second-order valence-electron chi connectivity index (χ2n) is 6.30. The van der Waals surface area contributed by atoms with E-state index in [1.807, 2.05) is 4.90 Å². The Balaban J connectivity index is 1.47. The van der Waals surface area contributed by atoms with E-state index in [0.29, 0.717) is 37.9 Å². The smallest absolute Gasteiger partial charge is 0.228 e. The van der Waals surface area contributed by atoms with Gasteiger partial charge in [0.25, 0.3) is 0 Å². The van der Waals surface area contributed by atoms with Gasteiger partial charge in [0.1, 0.15) is 5.76 Å². The molecule has 2 aliphatic rings. The van der Waals surface area contributed by atoms with Crippen LogP contribution < -0.4 is 5.32 Å². The van der Waals surface area contributed by atoms with Crippen molar-refractivity contribution in [3.8, 4) is 0 Å². The van der Waals surface area contributed by atoms with Crippen molar-refractivity contribution in [2.45, 2.75) is 32.6 Å². The first-order valence-corrected chi connectivity index (χ1v) is 8.24. The minimum atomic E-state index is -0.0549. The molecule has 0 aromatic carbocycles. The summed E-state index contributed by atoms with van der Waals surface area (Å²) in [7, 11) is 0. The summed E-state index contributed by atoms with van der Waals surface area (Å²) in [4.78, 5) is 26.6. The van der Waals surface area contributed by atoms with E-state index in [1.165, 1.54) is 0 Å². The minimum Gasteiger partial charge on any atom is -0.378 e. The fourth-order valence-corrected chi connectivity index (χ4v) is 3.30. The second kappa shape index (κ2) is 7.12. The second-order valence-corrected chi connectivity index (χ2v) is 6.30. The first-order chi connectivity index (χ1) is 11.1. The van der Waals surface area contributed by atoms with E-state index < -0.39 is 0 Å². The maximum atomic E-state index is 12.5. The van der Waals surface area contributed by atoms with Crippen molar-refractivity contribution in [3.05, 3.63) is 11.8 Å². The lowest BCUT2D eigenvalue weighted by Crippen LogP contribution is -2.44. The summed E-state index contributed by atoms with van der Waals surface area (Å²) in [5.41, 5.74) is 0. The monoisotopic (exact) mass is 321 g/mol. The zero-order chi connectivity index (χ0) is 16.2. The highest BCUT2D eigenvalue weighted by molar-refractivity contribution is 5.91. The van der Waals surface area contributed by atoms with Crippen LogP contribution in [0.5, 0.6) is 0 Å². The Morgan fingerprint density at radius 2 is 1.83 bits per heavy atom. The van der Waals surface area contributed by atoms with Crippen LogP contribution in [0.25, 0.3) is 0 Å². The minimum absolute atomic E-state index is 0.0319. The number of aryl methyl sites for hydroxylation is 1. The van der Waals surface area contributed by atoms with Gasteiger partial charge >= 0.3 is 0 Å². The van der Waals surface area contributed by atoms with Gasteiger partial charge in [-0.05, 0) is 32.6 Å². The number of carbonyl (C=O) groups excluding carboxylic acids is 2. The Labute approximate surface area is 135 Å². The summed E-state index contributed by atoms with van der Waals surface area (Å²) < 4.78 is 10.2. The van der Waals surface area contributed by atoms with Gasteiger partial charge in [-0.2, -0.15) is 0 Å². The van der Waals surface area contributed by atoms with Gasteiger partial charge in [0.15, 0.2) is 5.82 Å². The first kappa shape index (κ1) is 16.0. The predicted molar refractivity (Wildman–Crippen MR) is 82.7 cm³/mol. The molecule has 126 valence electrons. The number of hydrogen-bond donors (Lipinski definition) is 1. The first-order valence-electron chi connectivity index (χ1n) is 8.24. The van der Waals surface area contributed by atoms with Crippen LogP contribution in [0, 0.1) is 18.8 Å². The number of nitrogens with one attached hydrogen (secondary N) is 1. The third kappa shape index (κ3) is 3.90. The molecular weight excluding hydrogens is 298 g/mol. The molecule has 1 aliphatic heterocycles. The van der Waals surface area contributed by atoms with Gasteiger partial charge in [-0.3, -0.25) is 9.59 Å². The van der Waals surface area contributed by atoms with Crippen molar-refractivity contribution in [1.82, 2.24) is 10.1 Å². The van der Waals surface area contributed by atoms with Crippen LogP contribution in [0.4, 0.5) is 5.82 Å². The zero-order valence-electron chi connectivity index (χ0n) is 13.4. The van der Waals surface area contributed by atoms with Crippen molar-refractivity contribution >= 4 is 17.6 Å². The lowest BCUT2D eigenvalue weighted by molar-refractivity contribution is -0.141. The number of carbonyl (C=O) groups is 2. The van der Waals surface area contributed by atoms with Crippen LogP contribution in [-0.4, -0.2) is 48.2 Å². The molecule has 2 fully saturated rings. The molecule has 0 atom stereocenters. The fraction of sp³-hybridized carbons (Fsp3) is 0.688. The molecule has 2 heterocycles. The van der Waals surface area contributed by atoms with Gasteiger partial charge in [-0.1, -0.05) is 5.16 Å². The molecular formula is C16H23N3O4. The molecule has 1 N–H and O–H groups in total. The van der Waals surface area contributed by atoms with Crippen LogP contribution in [0.1, 0.15) is 31.4 Å². The van der Waals surface area contributed by atoms with Crippen molar-refractivity contribution in [2.75, 3.05) is 31.6 Å². The van der Waals surface area contributed by atoms with E-state index >= 15 is 0 Å². The third-order valence-electron chi connectivity index (χ3n) is 4.65. The Kier molecular flexibility index (Phi) is 4.95. The molecule has 23 heavy (non-hydrogen) atoms. The lowest BCUT2D eigenvalue weighted by atomic mass is 9.81. The van der Waals surface area contributed by atoms with Crippen LogP contribution >= 0.6 is 0 Å². The number of hydrogen-bond acceptors (Lipinski definition) is 5. The Morgan fingerprint density at radius 1 is 1.17 bits per heavy atom. The molecule has 0 bridgehead atoms. The summed E-state index contributed by atoms with van der Waals surface area (Å²) in [6, 6.07) is 1.70. The van der Waals surface area contributed by atoms with E-state index in [4.69, 9.17) is 9.26 Å². The van der Waals surface area contributed by atoms with Crippen LogP contribution in [0.15, 0.2) is 10.6 Å². The average molecular weight is 321 g/mol. The van der Waals surface area contributed by atoms with E-state index in [2.05, 4.69) is 10.5 Å². The molecule has 7 heteroatoms. The lowest BCUT2D eigenvalue weighted by Gasteiger charge is -2.33. The number of rotatable bonds is 3. The number of amides is 2. The van der Waals surface area contributed by atoms with Crippen molar-refractivity contribution in [3.63, 3.8) is 0 Å². The molecule has 0 unspecified atom stereocenters. The fourth-order valence-electron chi connectivity index (χ4n) is 3.30. The molecule has 7 nitrogen and oxygen atoms in total. The highest BCUT2D eigenvalue weighted by Gasteiger charge is 2.32.